The number of rotatable bonds is 8. The zero-order chi connectivity index (χ0) is 20.5. The Kier molecular flexibility index (Phi) is 7.06. The normalized spacial score (nSPS) is 11.0. The maximum atomic E-state index is 12.6. The molecule has 0 fully saturated rings. The highest BCUT2D eigenvalue weighted by molar-refractivity contribution is 5.99. The Balaban J connectivity index is 1.86. The van der Waals surface area contributed by atoms with Gasteiger partial charge >= 0.3 is 0 Å². The zero-order valence-corrected chi connectivity index (χ0v) is 16.7. The number of nitrogens with one attached hydrogen (secondary N) is 1. The minimum absolute atomic E-state index is 0.145. The third-order valence-corrected chi connectivity index (χ3v) is 4.46. The molecule has 1 amide bonds. The van der Waals surface area contributed by atoms with Crippen molar-refractivity contribution in [1.29, 1.82) is 0 Å². The van der Waals surface area contributed by atoms with Crippen LogP contribution in [0.5, 0.6) is 11.5 Å². The van der Waals surface area contributed by atoms with Gasteiger partial charge in [0, 0.05) is 12.6 Å². The predicted octanol–water partition coefficient (Wildman–Crippen LogP) is 4.84. The van der Waals surface area contributed by atoms with Crippen molar-refractivity contribution in [2.75, 3.05) is 13.7 Å². The van der Waals surface area contributed by atoms with Gasteiger partial charge in [-0.2, -0.15) is 0 Å². The first-order valence-corrected chi connectivity index (χ1v) is 9.60. The first kappa shape index (κ1) is 20.2. The van der Waals surface area contributed by atoms with Crippen molar-refractivity contribution in [2.24, 2.45) is 0 Å². The van der Waals surface area contributed by atoms with E-state index < -0.39 is 0 Å². The monoisotopic (exact) mass is 387 g/mol. The Morgan fingerprint density at radius 3 is 2.00 bits per heavy atom. The number of hydrogen-bond donors (Lipinski definition) is 1. The third kappa shape index (κ3) is 5.72. The molecule has 0 atom stereocenters. The van der Waals surface area contributed by atoms with Crippen LogP contribution in [0.25, 0.3) is 5.57 Å². The number of carbonyl (C=O) groups excluding carboxylic acids is 1. The molecule has 4 nitrogen and oxygen atoms in total. The van der Waals surface area contributed by atoms with Crippen LogP contribution in [0.4, 0.5) is 0 Å². The van der Waals surface area contributed by atoms with E-state index in [1.165, 1.54) is 0 Å². The quantitative estimate of drug-likeness (QED) is 0.563. The second-order valence-corrected chi connectivity index (χ2v) is 6.45. The van der Waals surface area contributed by atoms with Crippen molar-refractivity contribution < 1.29 is 14.3 Å². The number of carbonyl (C=O) groups is 1. The summed E-state index contributed by atoms with van der Waals surface area (Å²) in [6.07, 6.45) is 1.64. The van der Waals surface area contributed by atoms with Crippen LogP contribution in [-0.4, -0.2) is 19.6 Å². The number of benzene rings is 3. The molecule has 0 aromatic heterocycles. The van der Waals surface area contributed by atoms with Crippen LogP contribution >= 0.6 is 0 Å². The Labute approximate surface area is 171 Å². The van der Waals surface area contributed by atoms with Gasteiger partial charge in [0.15, 0.2) is 0 Å². The Bertz CT molecular complexity index is 946. The average molecular weight is 387 g/mol. The SMILES string of the molecule is CCOc1ccc(C(=CC(=O)NCc2ccccc2)c2ccc(OC)cc2)cc1. The predicted molar refractivity (Wildman–Crippen MR) is 116 cm³/mol. The van der Waals surface area contributed by atoms with Crippen LogP contribution in [0.3, 0.4) is 0 Å². The van der Waals surface area contributed by atoms with E-state index in [2.05, 4.69) is 5.32 Å². The molecule has 0 aliphatic rings. The summed E-state index contributed by atoms with van der Waals surface area (Å²) in [5.74, 6) is 1.43. The van der Waals surface area contributed by atoms with E-state index in [1.807, 2.05) is 85.8 Å². The van der Waals surface area contributed by atoms with Crippen LogP contribution < -0.4 is 14.8 Å². The lowest BCUT2D eigenvalue weighted by molar-refractivity contribution is -0.116. The van der Waals surface area contributed by atoms with E-state index in [0.717, 1.165) is 33.8 Å². The first-order chi connectivity index (χ1) is 14.2. The molecule has 29 heavy (non-hydrogen) atoms. The van der Waals surface area contributed by atoms with Gasteiger partial charge < -0.3 is 14.8 Å². The lowest BCUT2D eigenvalue weighted by Gasteiger charge is -2.11. The number of methoxy groups -OCH3 is 1. The number of amides is 1. The molecule has 3 rings (SSSR count). The van der Waals surface area contributed by atoms with Gasteiger partial charge in [-0.05, 0) is 53.5 Å². The highest BCUT2D eigenvalue weighted by Gasteiger charge is 2.09. The van der Waals surface area contributed by atoms with Gasteiger partial charge in [0.1, 0.15) is 11.5 Å². The van der Waals surface area contributed by atoms with Crippen LogP contribution in [0.1, 0.15) is 23.6 Å². The second kappa shape index (κ2) is 10.1. The van der Waals surface area contributed by atoms with Crippen molar-refractivity contribution >= 4 is 11.5 Å². The lowest BCUT2D eigenvalue weighted by Crippen LogP contribution is -2.20. The van der Waals surface area contributed by atoms with Gasteiger partial charge in [0.2, 0.25) is 5.91 Å². The Hall–Kier alpha value is -3.53. The van der Waals surface area contributed by atoms with Gasteiger partial charge in [0.05, 0.1) is 13.7 Å². The molecule has 0 aliphatic carbocycles. The van der Waals surface area contributed by atoms with Crippen LogP contribution in [0.2, 0.25) is 0 Å². The molecule has 4 heteroatoms. The summed E-state index contributed by atoms with van der Waals surface area (Å²) < 4.78 is 10.8. The smallest absolute Gasteiger partial charge is 0.244 e. The Morgan fingerprint density at radius 1 is 0.862 bits per heavy atom. The zero-order valence-electron chi connectivity index (χ0n) is 16.7. The van der Waals surface area contributed by atoms with Gasteiger partial charge in [-0.15, -0.1) is 0 Å². The van der Waals surface area contributed by atoms with Crippen molar-refractivity contribution in [2.45, 2.75) is 13.5 Å². The van der Waals surface area contributed by atoms with Gasteiger partial charge in [-0.25, -0.2) is 0 Å². The fourth-order valence-corrected chi connectivity index (χ4v) is 2.97. The van der Waals surface area contributed by atoms with Crippen LogP contribution in [-0.2, 0) is 11.3 Å². The molecular formula is C25H25NO3. The summed E-state index contributed by atoms with van der Waals surface area (Å²) in [5.41, 5.74) is 3.76. The van der Waals surface area contributed by atoms with E-state index in [4.69, 9.17) is 9.47 Å². The topological polar surface area (TPSA) is 47.6 Å². The molecule has 0 unspecified atom stereocenters. The fourth-order valence-electron chi connectivity index (χ4n) is 2.97. The summed E-state index contributed by atoms with van der Waals surface area (Å²) >= 11 is 0. The molecule has 0 bridgehead atoms. The summed E-state index contributed by atoms with van der Waals surface area (Å²) in [6, 6.07) is 25.3. The van der Waals surface area contributed by atoms with Crippen molar-refractivity contribution in [3.8, 4) is 11.5 Å². The molecule has 0 saturated carbocycles. The van der Waals surface area contributed by atoms with E-state index in [0.29, 0.717) is 13.2 Å². The minimum atomic E-state index is -0.145. The molecular weight excluding hydrogens is 362 g/mol. The molecule has 3 aromatic carbocycles. The molecule has 3 aromatic rings. The van der Waals surface area contributed by atoms with Gasteiger partial charge in [-0.3, -0.25) is 4.79 Å². The first-order valence-electron chi connectivity index (χ1n) is 9.60. The van der Waals surface area contributed by atoms with Crippen molar-refractivity contribution in [3.05, 3.63) is 102 Å². The number of hydrogen-bond acceptors (Lipinski definition) is 3. The average Bonchev–Trinajstić information content (AvgIpc) is 2.78. The van der Waals surface area contributed by atoms with E-state index >= 15 is 0 Å². The molecule has 0 radical (unpaired) electrons. The van der Waals surface area contributed by atoms with Crippen LogP contribution in [0, 0.1) is 0 Å². The van der Waals surface area contributed by atoms with Gasteiger partial charge in [0.25, 0.3) is 0 Å². The molecule has 0 saturated heterocycles. The number of ether oxygens (including phenoxy) is 2. The summed E-state index contributed by atoms with van der Waals surface area (Å²) in [5, 5.41) is 2.96. The Morgan fingerprint density at radius 2 is 1.45 bits per heavy atom. The molecule has 0 aliphatic heterocycles. The van der Waals surface area contributed by atoms with E-state index in [9.17, 15) is 4.79 Å². The van der Waals surface area contributed by atoms with Crippen molar-refractivity contribution in [1.82, 2.24) is 5.32 Å². The largest absolute Gasteiger partial charge is 0.497 e. The minimum Gasteiger partial charge on any atom is -0.497 e. The summed E-state index contributed by atoms with van der Waals surface area (Å²) in [4.78, 5) is 12.6. The maximum absolute atomic E-state index is 12.6. The standard InChI is InChI=1S/C25H25NO3/c1-3-29-23-15-11-21(12-16-23)24(20-9-13-22(28-2)14-10-20)17-25(27)26-18-19-7-5-4-6-8-19/h4-17H,3,18H2,1-2H3,(H,26,27). The molecule has 148 valence electrons. The molecule has 1 N–H and O–H groups in total. The van der Waals surface area contributed by atoms with Gasteiger partial charge in [-0.1, -0.05) is 54.6 Å². The fraction of sp³-hybridized carbons (Fsp3) is 0.160. The molecule has 0 heterocycles. The second-order valence-electron chi connectivity index (χ2n) is 6.45. The molecule has 0 spiro atoms. The van der Waals surface area contributed by atoms with E-state index in [1.54, 1.807) is 13.2 Å². The lowest BCUT2D eigenvalue weighted by atomic mass is 9.97. The highest BCUT2D eigenvalue weighted by atomic mass is 16.5. The highest BCUT2D eigenvalue weighted by Crippen LogP contribution is 2.27. The summed E-state index contributed by atoms with van der Waals surface area (Å²) in [7, 11) is 1.63. The maximum Gasteiger partial charge on any atom is 0.244 e. The summed E-state index contributed by atoms with van der Waals surface area (Å²) in [6.45, 7) is 3.05. The van der Waals surface area contributed by atoms with E-state index in [-0.39, 0.29) is 5.91 Å². The third-order valence-electron chi connectivity index (χ3n) is 4.46. The van der Waals surface area contributed by atoms with Crippen LogP contribution in [0.15, 0.2) is 84.9 Å². The van der Waals surface area contributed by atoms with Crippen molar-refractivity contribution in [3.63, 3.8) is 0 Å².